The molecular weight excluding hydrogens is 423 g/mol. The Kier molecular flexibility index (Phi) is 8.16. The first kappa shape index (κ1) is 24.6. The van der Waals surface area contributed by atoms with Crippen molar-refractivity contribution in [2.75, 3.05) is 24.2 Å². The standard InChI is InChI=1S/C21H26F3N7O/c1-21(2,3)31(4)19(32)12-26-10-14(9-25)29-20-27-6-5-18(30-20)28-11-15-16(23)7-13(22)8-17(15)24/h5-10H,11-12,25H2,1-4H3,(H2,27,28,29,30)/b14-9+,26-10?. The lowest BCUT2D eigenvalue weighted by Crippen LogP contribution is -2.43. The molecule has 0 radical (unpaired) electrons. The SMILES string of the molecule is CN(C(=O)CN=C/C(=C\N)Nc1nccc(NCc2c(F)cc(F)cc2F)n1)C(C)(C)C. The van der Waals surface area contributed by atoms with Crippen molar-refractivity contribution in [1.29, 1.82) is 0 Å². The summed E-state index contributed by atoms with van der Waals surface area (Å²) in [5.74, 6) is -2.76. The molecule has 0 aliphatic heterocycles. The number of aliphatic imine (C=N–C) groups is 1. The minimum Gasteiger partial charge on any atom is -0.403 e. The second-order valence-electron chi connectivity index (χ2n) is 7.81. The number of benzene rings is 1. The maximum atomic E-state index is 13.8. The van der Waals surface area contributed by atoms with E-state index in [-0.39, 0.29) is 41.9 Å². The minimum atomic E-state index is -1.00. The maximum Gasteiger partial charge on any atom is 0.244 e. The number of likely N-dealkylation sites (N-methyl/N-ethyl adjacent to an activating group) is 1. The Balaban J connectivity index is 2.00. The molecule has 2 rings (SSSR count). The molecule has 0 aliphatic carbocycles. The number of amides is 1. The van der Waals surface area contributed by atoms with Crippen molar-refractivity contribution >= 4 is 23.9 Å². The summed E-state index contributed by atoms with van der Waals surface area (Å²) in [5.41, 5.74) is 5.28. The van der Waals surface area contributed by atoms with E-state index in [1.54, 1.807) is 11.9 Å². The van der Waals surface area contributed by atoms with Crippen molar-refractivity contribution in [2.24, 2.45) is 10.7 Å². The number of rotatable bonds is 8. The second kappa shape index (κ2) is 10.6. The number of aromatic nitrogens is 2. The van der Waals surface area contributed by atoms with E-state index in [4.69, 9.17) is 5.73 Å². The van der Waals surface area contributed by atoms with Gasteiger partial charge >= 0.3 is 0 Å². The fourth-order valence-corrected chi connectivity index (χ4v) is 2.39. The molecule has 8 nitrogen and oxygen atoms in total. The van der Waals surface area contributed by atoms with Crippen LogP contribution in [0.1, 0.15) is 26.3 Å². The zero-order valence-electron chi connectivity index (χ0n) is 18.3. The summed E-state index contributed by atoms with van der Waals surface area (Å²) in [6.45, 7) is 5.43. The number of nitrogens with one attached hydrogen (secondary N) is 2. The van der Waals surface area contributed by atoms with Gasteiger partial charge in [-0.1, -0.05) is 0 Å². The van der Waals surface area contributed by atoms with Crippen LogP contribution in [0.15, 0.2) is 41.3 Å². The van der Waals surface area contributed by atoms with Gasteiger partial charge in [0.1, 0.15) is 29.8 Å². The molecule has 0 unspecified atom stereocenters. The van der Waals surface area contributed by atoms with E-state index in [9.17, 15) is 18.0 Å². The van der Waals surface area contributed by atoms with Crippen molar-refractivity contribution in [3.8, 4) is 0 Å². The molecule has 2 aromatic rings. The lowest BCUT2D eigenvalue weighted by Gasteiger charge is -2.31. The maximum absolute atomic E-state index is 13.8. The van der Waals surface area contributed by atoms with Gasteiger partial charge in [-0.15, -0.1) is 0 Å². The molecule has 0 bridgehead atoms. The third-order valence-corrected chi connectivity index (χ3v) is 4.48. The first-order chi connectivity index (χ1) is 15.0. The highest BCUT2D eigenvalue weighted by atomic mass is 19.1. The van der Waals surface area contributed by atoms with Crippen LogP contribution < -0.4 is 16.4 Å². The third kappa shape index (κ3) is 6.96. The Morgan fingerprint density at radius 1 is 1.25 bits per heavy atom. The molecule has 172 valence electrons. The average Bonchev–Trinajstić information content (AvgIpc) is 2.71. The fraction of sp³-hybridized carbons (Fsp3) is 0.333. The van der Waals surface area contributed by atoms with Crippen LogP contribution in [0.25, 0.3) is 0 Å². The van der Waals surface area contributed by atoms with Crippen LogP contribution in [0.4, 0.5) is 24.9 Å². The number of hydrogen-bond acceptors (Lipinski definition) is 7. The highest BCUT2D eigenvalue weighted by Crippen LogP contribution is 2.17. The molecule has 1 aromatic carbocycles. The van der Waals surface area contributed by atoms with Gasteiger partial charge in [-0.3, -0.25) is 9.79 Å². The van der Waals surface area contributed by atoms with Gasteiger partial charge < -0.3 is 21.3 Å². The minimum absolute atomic E-state index is 0.0654. The smallest absolute Gasteiger partial charge is 0.244 e. The summed E-state index contributed by atoms with van der Waals surface area (Å²) in [4.78, 5) is 26.0. The lowest BCUT2D eigenvalue weighted by molar-refractivity contribution is -0.132. The number of nitrogens with two attached hydrogens (primary N) is 1. The number of hydrogen-bond donors (Lipinski definition) is 3. The highest BCUT2D eigenvalue weighted by molar-refractivity contribution is 5.85. The van der Waals surface area contributed by atoms with Crippen molar-refractivity contribution in [3.05, 3.63) is 59.3 Å². The molecule has 32 heavy (non-hydrogen) atoms. The second-order valence-corrected chi connectivity index (χ2v) is 7.81. The van der Waals surface area contributed by atoms with Crippen molar-refractivity contribution < 1.29 is 18.0 Å². The summed E-state index contributed by atoms with van der Waals surface area (Å²) in [6, 6.07) is 2.70. The third-order valence-electron chi connectivity index (χ3n) is 4.48. The van der Waals surface area contributed by atoms with Crippen LogP contribution in [0.2, 0.25) is 0 Å². The summed E-state index contributed by atoms with van der Waals surface area (Å²) >= 11 is 0. The summed E-state index contributed by atoms with van der Waals surface area (Å²) in [6.07, 6.45) is 4.03. The summed E-state index contributed by atoms with van der Waals surface area (Å²) < 4.78 is 40.6. The Morgan fingerprint density at radius 2 is 1.91 bits per heavy atom. The normalized spacial score (nSPS) is 12.2. The van der Waals surface area contributed by atoms with Crippen LogP contribution in [-0.2, 0) is 11.3 Å². The van der Waals surface area contributed by atoms with E-state index in [0.29, 0.717) is 17.8 Å². The number of anilines is 2. The van der Waals surface area contributed by atoms with Gasteiger partial charge in [0.2, 0.25) is 11.9 Å². The molecule has 0 atom stereocenters. The Hall–Kier alpha value is -3.63. The zero-order valence-corrected chi connectivity index (χ0v) is 18.3. The molecular formula is C21H26F3N7O. The molecule has 0 saturated carbocycles. The molecule has 1 aromatic heterocycles. The Labute approximate surface area is 184 Å². The summed E-state index contributed by atoms with van der Waals surface area (Å²) in [5, 5.41) is 5.58. The van der Waals surface area contributed by atoms with Gasteiger partial charge in [0.15, 0.2) is 0 Å². The number of allylic oxidation sites excluding steroid dienone is 1. The quantitative estimate of drug-likeness (QED) is 0.535. The van der Waals surface area contributed by atoms with Gasteiger partial charge in [-0.2, -0.15) is 4.98 Å². The van der Waals surface area contributed by atoms with Gasteiger partial charge in [-0.25, -0.2) is 18.2 Å². The zero-order chi connectivity index (χ0) is 23.9. The first-order valence-corrected chi connectivity index (χ1v) is 9.67. The molecule has 4 N–H and O–H groups in total. The van der Waals surface area contributed by atoms with Crippen LogP contribution in [-0.4, -0.2) is 46.1 Å². The van der Waals surface area contributed by atoms with E-state index >= 15 is 0 Å². The van der Waals surface area contributed by atoms with Gasteiger partial charge in [-0.05, 0) is 26.8 Å². The molecule has 0 spiro atoms. The van der Waals surface area contributed by atoms with E-state index in [1.807, 2.05) is 20.8 Å². The highest BCUT2D eigenvalue weighted by Gasteiger charge is 2.21. The molecule has 1 heterocycles. The van der Waals surface area contributed by atoms with Crippen molar-refractivity contribution in [1.82, 2.24) is 14.9 Å². The number of carbonyl (C=O) groups is 1. The first-order valence-electron chi connectivity index (χ1n) is 9.67. The molecule has 0 saturated heterocycles. The average molecular weight is 449 g/mol. The van der Waals surface area contributed by atoms with E-state index in [2.05, 4.69) is 25.6 Å². The molecule has 11 heteroatoms. The monoisotopic (exact) mass is 449 g/mol. The predicted octanol–water partition coefficient (Wildman–Crippen LogP) is 3.05. The van der Waals surface area contributed by atoms with E-state index in [1.165, 1.54) is 24.7 Å². The van der Waals surface area contributed by atoms with Crippen LogP contribution in [0, 0.1) is 17.5 Å². The van der Waals surface area contributed by atoms with E-state index in [0.717, 1.165) is 0 Å². The van der Waals surface area contributed by atoms with Crippen LogP contribution in [0.5, 0.6) is 0 Å². The fourth-order valence-electron chi connectivity index (χ4n) is 2.39. The predicted molar refractivity (Wildman–Crippen MR) is 117 cm³/mol. The topological polar surface area (TPSA) is 109 Å². The number of halogens is 3. The van der Waals surface area contributed by atoms with Gasteiger partial charge in [0, 0.05) is 55.4 Å². The Bertz CT molecular complexity index is 996. The van der Waals surface area contributed by atoms with Gasteiger partial charge in [0.25, 0.3) is 0 Å². The molecule has 0 fully saturated rings. The van der Waals surface area contributed by atoms with Crippen LogP contribution >= 0.6 is 0 Å². The molecule has 0 aliphatic rings. The lowest BCUT2D eigenvalue weighted by atomic mass is 10.1. The van der Waals surface area contributed by atoms with Gasteiger partial charge in [0.05, 0.1) is 5.70 Å². The van der Waals surface area contributed by atoms with Crippen LogP contribution in [0.3, 0.4) is 0 Å². The molecule has 1 amide bonds. The Morgan fingerprint density at radius 3 is 2.50 bits per heavy atom. The summed E-state index contributed by atoms with van der Waals surface area (Å²) in [7, 11) is 1.70. The van der Waals surface area contributed by atoms with Crippen molar-refractivity contribution in [2.45, 2.75) is 32.9 Å². The van der Waals surface area contributed by atoms with Crippen molar-refractivity contribution in [3.63, 3.8) is 0 Å². The number of nitrogens with zero attached hydrogens (tertiary/aromatic N) is 4. The largest absolute Gasteiger partial charge is 0.403 e. The number of carbonyl (C=O) groups excluding carboxylic acids is 1. The van der Waals surface area contributed by atoms with E-state index < -0.39 is 17.5 Å².